The van der Waals surface area contributed by atoms with Gasteiger partial charge in [-0.25, -0.2) is 13.1 Å². The van der Waals surface area contributed by atoms with Crippen LogP contribution in [0.2, 0.25) is 5.02 Å². The molecule has 1 aliphatic carbocycles. The molecule has 0 bridgehead atoms. The zero-order chi connectivity index (χ0) is 19.0. The lowest BCUT2D eigenvalue weighted by Crippen LogP contribution is -2.41. The van der Waals surface area contributed by atoms with Gasteiger partial charge in [0.15, 0.2) is 0 Å². The van der Waals surface area contributed by atoms with E-state index in [1.165, 1.54) is 0 Å². The number of hydrogen-bond donors (Lipinski definition) is 1. The summed E-state index contributed by atoms with van der Waals surface area (Å²) >= 11 is 5.68. The summed E-state index contributed by atoms with van der Waals surface area (Å²) in [4.78, 5) is -0.807. The van der Waals surface area contributed by atoms with E-state index in [1.54, 1.807) is 0 Å². The van der Waals surface area contributed by atoms with E-state index in [1.807, 2.05) is 0 Å². The third-order valence-corrected chi connectivity index (χ3v) is 6.01. The normalized spacial score (nSPS) is 22.8. The summed E-state index contributed by atoms with van der Waals surface area (Å²) in [6.07, 6.45) is -9.46. The molecule has 2 unspecified atom stereocenters. The third kappa shape index (κ3) is 5.01. The first kappa shape index (κ1) is 20.3. The average Bonchev–Trinajstić information content (AvgIpc) is 2.45. The van der Waals surface area contributed by atoms with Crippen LogP contribution < -0.4 is 4.72 Å². The van der Waals surface area contributed by atoms with E-state index >= 15 is 0 Å². The Morgan fingerprint density at radius 3 is 2.28 bits per heavy atom. The molecule has 11 heteroatoms. The molecule has 2 rings (SSSR count). The van der Waals surface area contributed by atoms with E-state index < -0.39 is 56.2 Å². The minimum absolute atomic E-state index is 0.105. The molecular formula is C14H14ClF6NO2S. The SMILES string of the molecule is O=S(=O)(NC1CCCC(C(F)(F)F)C1)c1cc(C(F)(F)F)ccc1Cl. The molecule has 3 nitrogen and oxygen atoms in total. The molecule has 1 aliphatic rings. The van der Waals surface area contributed by atoms with Gasteiger partial charge in [0.25, 0.3) is 0 Å². The largest absolute Gasteiger partial charge is 0.416 e. The molecule has 0 heterocycles. The molecule has 1 aromatic carbocycles. The lowest BCUT2D eigenvalue weighted by atomic mass is 9.86. The van der Waals surface area contributed by atoms with Gasteiger partial charge in [-0.1, -0.05) is 18.0 Å². The zero-order valence-electron chi connectivity index (χ0n) is 12.6. The summed E-state index contributed by atoms with van der Waals surface area (Å²) in [6.45, 7) is 0. The molecule has 0 amide bonds. The Bertz CT molecular complexity index is 732. The highest BCUT2D eigenvalue weighted by molar-refractivity contribution is 7.89. The molecule has 0 aliphatic heterocycles. The summed E-state index contributed by atoms with van der Waals surface area (Å²) < 4.78 is 103. The monoisotopic (exact) mass is 409 g/mol. The molecule has 25 heavy (non-hydrogen) atoms. The van der Waals surface area contributed by atoms with Gasteiger partial charge < -0.3 is 0 Å². The highest BCUT2D eigenvalue weighted by Gasteiger charge is 2.43. The summed E-state index contributed by atoms with van der Waals surface area (Å²) in [5, 5.41) is -0.441. The van der Waals surface area contributed by atoms with Crippen molar-refractivity contribution in [2.75, 3.05) is 0 Å². The van der Waals surface area contributed by atoms with Gasteiger partial charge in [-0.2, -0.15) is 26.3 Å². The summed E-state index contributed by atoms with van der Waals surface area (Å²) in [7, 11) is -4.49. The third-order valence-electron chi connectivity index (χ3n) is 4.01. The van der Waals surface area contributed by atoms with E-state index in [9.17, 15) is 34.8 Å². The van der Waals surface area contributed by atoms with Crippen molar-refractivity contribution in [1.29, 1.82) is 0 Å². The van der Waals surface area contributed by atoms with Crippen LogP contribution >= 0.6 is 11.6 Å². The maximum absolute atomic E-state index is 12.8. The van der Waals surface area contributed by atoms with Crippen LogP contribution in [0.3, 0.4) is 0 Å². The van der Waals surface area contributed by atoms with Gasteiger partial charge >= 0.3 is 12.4 Å². The Morgan fingerprint density at radius 1 is 1.08 bits per heavy atom. The van der Waals surface area contributed by atoms with Crippen molar-refractivity contribution in [3.8, 4) is 0 Å². The molecule has 1 aromatic rings. The van der Waals surface area contributed by atoms with Crippen LogP contribution in [0.4, 0.5) is 26.3 Å². The Morgan fingerprint density at radius 2 is 1.72 bits per heavy atom. The molecule has 0 radical (unpaired) electrons. The van der Waals surface area contributed by atoms with E-state index in [2.05, 4.69) is 4.72 Å². The van der Waals surface area contributed by atoms with Crippen molar-refractivity contribution in [3.63, 3.8) is 0 Å². The Balaban J connectivity index is 2.25. The smallest absolute Gasteiger partial charge is 0.208 e. The van der Waals surface area contributed by atoms with Crippen molar-refractivity contribution in [2.45, 2.75) is 49.0 Å². The van der Waals surface area contributed by atoms with Gasteiger partial charge in [-0.15, -0.1) is 0 Å². The summed E-state index contributed by atoms with van der Waals surface area (Å²) in [5.74, 6) is -1.65. The minimum atomic E-state index is -4.78. The van der Waals surface area contributed by atoms with Crippen LogP contribution in [-0.2, 0) is 16.2 Å². The lowest BCUT2D eigenvalue weighted by Gasteiger charge is -2.30. The van der Waals surface area contributed by atoms with Crippen LogP contribution in [0.15, 0.2) is 23.1 Å². The first-order valence-corrected chi connectivity index (χ1v) is 9.12. The van der Waals surface area contributed by atoms with Gasteiger partial charge in [0, 0.05) is 6.04 Å². The first-order valence-electron chi connectivity index (χ1n) is 7.26. The molecule has 142 valence electrons. The van der Waals surface area contributed by atoms with E-state index in [0.717, 1.165) is 6.07 Å². The molecule has 0 saturated heterocycles. The zero-order valence-corrected chi connectivity index (χ0v) is 14.2. The Hall–Kier alpha value is -1.00. The van der Waals surface area contributed by atoms with E-state index in [4.69, 9.17) is 11.6 Å². The number of halogens is 7. The minimum Gasteiger partial charge on any atom is -0.208 e. The van der Waals surface area contributed by atoms with Gasteiger partial charge in [0.2, 0.25) is 10.0 Å². The standard InChI is InChI=1S/C14H14ClF6NO2S/c15-11-5-4-9(14(19,20)21)7-12(11)25(23,24)22-10-3-1-2-8(6-10)13(16,17)18/h4-5,7-8,10,22H,1-3,6H2. The highest BCUT2D eigenvalue weighted by atomic mass is 35.5. The van der Waals surface area contributed by atoms with Crippen molar-refractivity contribution in [3.05, 3.63) is 28.8 Å². The highest BCUT2D eigenvalue weighted by Crippen LogP contribution is 2.38. The number of hydrogen-bond acceptors (Lipinski definition) is 2. The molecule has 1 saturated carbocycles. The van der Waals surface area contributed by atoms with Crippen LogP contribution in [0, 0.1) is 5.92 Å². The molecule has 0 spiro atoms. The number of benzene rings is 1. The number of nitrogens with one attached hydrogen (secondary N) is 1. The average molecular weight is 410 g/mol. The summed E-state index contributed by atoms with van der Waals surface area (Å²) in [6, 6.07) is 0.769. The predicted molar refractivity (Wildman–Crippen MR) is 78.6 cm³/mol. The lowest BCUT2D eigenvalue weighted by molar-refractivity contribution is -0.183. The molecule has 1 fully saturated rings. The van der Waals surface area contributed by atoms with E-state index in [0.29, 0.717) is 12.1 Å². The van der Waals surface area contributed by atoms with Gasteiger partial charge in [-0.05, 0) is 37.5 Å². The number of alkyl halides is 6. The van der Waals surface area contributed by atoms with E-state index in [-0.39, 0.29) is 19.3 Å². The quantitative estimate of drug-likeness (QED) is 0.732. The number of sulfonamides is 1. The van der Waals surface area contributed by atoms with Crippen molar-refractivity contribution in [2.24, 2.45) is 5.92 Å². The first-order chi connectivity index (χ1) is 11.3. The van der Waals surface area contributed by atoms with Crippen LogP contribution in [0.1, 0.15) is 31.2 Å². The molecule has 0 aromatic heterocycles. The van der Waals surface area contributed by atoms with Crippen LogP contribution in [0.25, 0.3) is 0 Å². The van der Waals surface area contributed by atoms with Crippen molar-refractivity contribution >= 4 is 21.6 Å². The maximum Gasteiger partial charge on any atom is 0.416 e. The Labute approximate surface area is 145 Å². The van der Waals surface area contributed by atoms with Crippen molar-refractivity contribution < 1.29 is 34.8 Å². The molecule has 2 atom stereocenters. The van der Waals surface area contributed by atoms with Gasteiger partial charge in [-0.3, -0.25) is 0 Å². The fraction of sp³-hybridized carbons (Fsp3) is 0.571. The molecule has 1 N–H and O–H groups in total. The van der Waals surface area contributed by atoms with Gasteiger partial charge in [0.05, 0.1) is 16.5 Å². The topological polar surface area (TPSA) is 46.2 Å². The second kappa shape index (κ2) is 6.96. The predicted octanol–water partition coefficient (Wildman–Crippen LogP) is 4.76. The second-order valence-electron chi connectivity index (χ2n) is 5.87. The maximum atomic E-state index is 12.8. The second-order valence-corrected chi connectivity index (χ2v) is 7.96. The Kier molecular flexibility index (Phi) is 5.65. The fourth-order valence-electron chi connectivity index (χ4n) is 2.76. The molecular weight excluding hydrogens is 396 g/mol. The fourth-order valence-corrected chi connectivity index (χ4v) is 4.57. The van der Waals surface area contributed by atoms with Gasteiger partial charge in [0.1, 0.15) is 4.90 Å². The van der Waals surface area contributed by atoms with Crippen molar-refractivity contribution in [1.82, 2.24) is 4.72 Å². The van der Waals surface area contributed by atoms with Crippen LogP contribution in [-0.4, -0.2) is 20.6 Å². The summed E-state index contributed by atoms with van der Waals surface area (Å²) in [5.41, 5.74) is -1.21. The number of rotatable bonds is 3. The van der Waals surface area contributed by atoms with Crippen LogP contribution in [0.5, 0.6) is 0 Å².